The van der Waals surface area contributed by atoms with Gasteiger partial charge in [0.2, 0.25) is 0 Å². The maximum Gasteiger partial charge on any atom is 0.155 e. The summed E-state index contributed by atoms with van der Waals surface area (Å²) >= 11 is 6.92. The van der Waals surface area contributed by atoms with Crippen LogP contribution in [0.3, 0.4) is 0 Å². The summed E-state index contributed by atoms with van der Waals surface area (Å²) in [6.45, 7) is 2.77. The molecule has 0 aliphatic carbocycles. The first-order valence-corrected chi connectivity index (χ1v) is 7.69. The smallest absolute Gasteiger partial charge is 0.155 e. The van der Waals surface area contributed by atoms with E-state index in [1.165, 1.54) is 5.56 Å². The summed E-state index contributed by atoms with van der Waals surface area (Å²) in [5, 5.41) is 3.40. The van der Waals surface area contributed by atoms with E-state index in [1.807, 2.05) is 16.8 Å². The van der Waals surface area contributed by atoms with E-state index in [0.29, 0.717) is 6.54 Å². The van der Waals surface area contributed by atoms with Gasteiger partial charge in [0.1, 0.15) is 4.60 Å². The molecule has 3 aromatic rings. The van der Waals surface area contributed by atoms with E-state index in [-0.39, 0.29) is 0 Å². The standard InChI is InChI=1S/C14H12Br2N4/c1-9-2-3-10(4-12(9)15)17-5-11-6-19-14-7-18-13(16)8-20(11)14/h2-4,6-8,17H,5H2,1H3. The van der Waals surface area contributed by atoms with Crippen molar-refractivity contribution in [1.29, 1.82) is 0 Å². The molecule has 1 N–H and O–H groups in total. The Kier molecular flexibility index (Phi) is 3.76. The predicted octanol–water partition coefficient (Wildman–Crippen LogP) is 4.17. The maximum absolute atomic E-state index is 4.33. The number of imidazole rings is 1. The number of nitrogens with zero attached hydrogens (tertiary/aromatic N) is 3. The SMILES string of the molecule is Cc1ccc(NCc2cnc3cnc(Br)cn23)cc1Br. The molecule has 0 aliphatic heterocycles. The molecule has 20 heavy (non-hydrogen) atoms. The van der Waals surface area contributed by atoms with E-state index < -0.39 is 0 Å². The third-order valence-corrected chi connectivity index (χ3v) is 4.35. The van der Waals surface area contributed by atoms with Gasteiger partial charge >= 0.3 is 0 Å². The molecule has 0 radical (unpaired) electrons. The van der Waals surface area contributed by atoms with Crippen LogP contribution in [-0.4, -0.2) is 14.4 Å². The molecule has 0 unspecified atom stereocenters. The minimum Gasteiger partial charge on any atom is -0.379 e. The maximum atomic E-state index is 4.33. The molecule has 0 saturated carbocycles. The van der Waals surface area contributed by atoms with Crippen molar-refractivity contribution in [3.63, 3.8) is 0 Å². The molecule has 0 atom stereocenters. The van der Waals surface area contributed by atoms with E-state index in [9.17, 15) is 0 Å². The summed E-state index contributed by atoms with van der Waals surface area (Å²) in [6.07, 6.45) is 5.53. The van der Waals surface area contributed by atoms with E-state index >= 15 is 0 Å². The van der Waals surface area contributed by atoms with Crippen molar-refractivity contribution in [1.82, 2.24) is 14.4 Å². The molecule has 2 aromatic heterocycles. The first-order valence-electron chi connectivity index (χ1n) is 6.11. The highest BCUT2D eigenvalue weighted by Crippen LogP contribution is 2.21. The fourth-order valence-corrected chi connectivity index (χ4v) is 2.63. The Balaban J connectivity index is 1.83. The topological polar surface area (TPSA) is 42.2 Å². The Morgan fingerprint density at radius 1 is 1.20 bits per heavy atom. The second kappa shape index (κ2) is 5.54. The highest BCUT2D eigenvalue weighted by molar-refractivity contribution is 9.10. The largest absolute Gasteiger partial charge is 0.379 e. The molecular weight excluding hydrogens is 384 g/mol. The normalized spacial score (nSPS) is 10.9. The summed E-state index contributed by atoms with van der Waals surface area (Å²) in [5.41, 5.74) is 4.22. The van der Waals surface area contributed by atoms with Crippen molar-refractivity contribution in [2.45, 2.75) is 13.5 Å². The number of hydrogen-bond acceptors (Lipinski definition) is 3. The third-order valence-electron chi connectivity index (χ3n) is 3.09. The highest BCUT2D eigenvalue weighted by atomic mass is 79.9. The van der Waals surface area contributed by atoms with Gasteiger partial charge in [0.05, 0.1) is 24.6 Å². The zero-order valence-corrected chi connectivity index (χ0v) is 13.9. The minimum atomic E-state index is 0.702. The lowest BCUT2D eigenvalue weighted by atomic mass is 10.2. The summed E-state index contributed by atoms with van der Waals surface area (Å²) in [4.78, 5) is 8.50. The van der Waals surface area contributed by atoms with Crippen LogP contribution in [0.25, 0.3) is 5.65 Å². The Morgan fingerprint density at radius 3 is 2.85 bits per heavy atom. The average molecular weight is 396 g/mol. The molecule has 2 heterocycles. The van der Waals surface area contributed by atoms with Crippen LogP contribution in [-0.2, 0) is 6.54 Å². The Labute approximate surface area is 133 Å². The van der Waals surface area contributed by atoms with Gasteiger partial charge < -0.3 is 5.32 Å². The Bertz CT molecular complexity index is 767. The minimum absolute atomic E-state index is 0.702. The van der Waals surface area contributed by atoms with Crippen LogP contribution in [0.2, 0.25) is 0 Å². The predicted molar refractivity (Wildman–Crippen MR) is 86.9 cm³/mol. The van der Waals surface area contributed by atoms with Crippen molar-refractivity contribution < 1.29 is 0 Å². The molecule has 0 aliphatic rings. The quantitative estimate of drug-likeness (QED) is 0.723. The van der Waals surface area contributed by atoms with Gasteiger partial charge in [-0.25, -0.2) is 9.97 Å². The number of hydrogen-bond donors (Lipinski definition) is 1. The van der Waals surface area contributed by atoms with Gasteiger partial charge in [-0.3, -0.25) is 4.40 Å². The van der Waals surface area contributed by atoms with E-state index in [2.05, 4.69) is 72.3 Å². The van der Waals surface area contributed by atoms with Crippen molar-refractivity contribution in [2.75, 3.05) is 5.32 Å². The van der Waals surface area contributed by atoms with Gasteiger partial charge in [0.15, 0.2) is 5.65 Å². The van der Waals surface area contributed by atoms with Gasteiger partial charge in [0.25, 0.3) is 0 Å². The zero-order chi connectivity index (χ0) is 14.1. The number of benzene rings is 1. The summed E-state index contributed by atoms with van der Waals surface area (Å²) in [7, 11) is 0. The van der Waals surface area contributed by atoms with E-state index in [1.54, 1.807) is 6.20 Å². The number of rotatable bonds is 3. The number of aromatic nitrogens is 3. The van der Waals surface area contributed by atoms with Gasteiger partial charge in [-0.15, -0.1) is 0 Å². The molecule has 0 amide bonds. The van der Waals surface area contributed by atoms with Crippen molar-refractivity contribution in [2.24, 2.45) is 0 Å². The lowest BCUT2D eigenvalue weighted by molar-refractivity contribution is 0.983. The third kappa shape index (κ3) is 2.71. The van der Waals surface area contributed by atoms with Crippen LogP contribution < -0.4 is 5.32 Å². The first kappa shape index (κ1) is 13.6. The monoisotopic (exact) mass is 394 g/mol. The van der Waals surface area contributed by atoms with Crippen LogP contribution in [0, 0.1) is 6.92 Å². The molecule has 6 heteroatoms. The summed E-state index contributed by atoms with van der Waals surface area (Å²) in [6, 6.07) is 6.23. The van der Waals surface area contributed by atoms with Crippen LogP contribution >= 0.6 is 31.9 Å². The second-order valence-corrected chi connectivity index (χ2v) is 6.17. The zero-order valence-electron chi connectivity index (χ0n) is 10.8. The fourth-order valence-electron chi connectivity index (χ4n) is 1.94. The van der Waals surface area contributed by atoms with Crippen molar-refractivity contribution in [3.8, 4) is 0 Å². The molecule has 1 aromatic carbocycles. The number of nitrogens with one attached hydrogen (secondary N) is 1. The summed E-state index contributed by atoms with van der Waals surface area (Å²) < 4.78 is 3.92. The van der Waals surface area contributed by atoms with Crippen LogP contribution in [0.15, 0.2) is 45.9 Å². The van der Waals surface area contributed by atoms with Crippen molar-refractivity contribution in [3.05, 3.63) is 57.1 Å². The van der Waals surface area contributed by atoms with E-state index in [0.717, 1.165) is 26.1 Å². The molecule has 102 valence electrons. The van der Waals surface area contributed by atoms with Crippen LogP contribution in [0.1, 0.15) is 11.3 Å². The lowest BCUT2D eigenvalue weighted by Gasteiger charge is -2.08. The molecule has 0 fully saturated rings. The highest BCUT2D eigenvalue weighted by Gasteiger charge is 2.04. The van der Waals surface area contributed by atoms with Gasteiger partial charge in [-0.05, 0) is 40.5 Å². The van der Waals surface area contributed by atoms with Crippen molar-refractivity contribution >= 4 is 43.2 Å². The molecule has 0 bridgehead atoms. The molecule has 0 saturated heterocycles. The number of aryl methyl sites for hydroxylation is 1. The average Bonchev–Trinajstić information content (AvgIpc) is 2.82. The number of halogens is 2. The van der Waals surface area contributed by atoms with Crippen LogP contribution in [0.5, 0.6) is 0 Å². The van der Waals surface area contributed by atoms with Gasteiger partial charge in [-0.2, -0.15) is 0 Å². The second-order valence-electron chi connectivity index (χ2n) is 4.51. The number of fused-ring (bicyclic) bond motifs is 1. The molecule has 0 spiro atoms. The van der Waals surface area contributed by atoms with Gasteiger partial charge in [0, 0.05) is 16.4 Å². The number of anilines is 1. The fraction of sp³-hybridized carbons (Fsp3) is 0.143. The lowest BCUT2D eigenvalue weighted by Crippen LogP contribution is -2.03. The van der Waals surface area contributed by atoms with E-state index in [4.69, 9.17) is 0 Å². The van der Waals surface area contributed by atoms with Crippen LogP contribution in [0.4, 0.5) is 5.69 Å². The Morgan fingerprint density at radius 2 is 2.05 bits per heavy atom. The molecular formula is C14H12Br2N4. The first-order chi connectivity index (χ1) is 9.63. The van der Waals surface area contributed by atoms with Gasteiger partial charge in [-0.1, -0.05) is 22.0 Å². The molecule has 3 rings (SSSR count). The molecule has 4 nitrogen and oxygen atoms in total. The summed E-state index contributed by atoms with van der Waals surface area (Å²) in [5.74, 6) is 0. The Hall–Kier alpha value is -1.40.